The maximum Gasteiger partial charge on any atom is 0.422 e. The maximum atomic E-state index is 13.5. The van der Waals surface area contributed by atoms with E-state index in [9.17, 15) is 18.0 Å². The molecule has 0 unspecified atom stereocenters. The third-order valence-electron chi connectivity index (χ3n) is 8.80. The van der Waals surface area contributed by atoms with Gasteiger partial charge in [-0.3, -0.25) is 14.6 Å². The predicted octanol–water partition coefficient (Wildman–Crippen LogP) is 4.46. The van der Waals surface area contributed by atoms with Crippen LogP contribution in [0.15, 0.2) is 79.4 Å². The molecule has 0 spiro atoms. The molecule has 49 heavy (non-hydrogen) atoms. The molecule has 4 heterocycles. The van der Waals surface area contributed by atoms with Crippen LogP contribution in [0.1, 0.15) is 39.9 Å². The van der Waals surface area contributed by atoms with Crippen LogP contribution in [0.3, 0.4) is 0 Å². The van der Waals surface area contributed by atoms with Crippen LogP contribution in [0.2, 0.25) is 0 Å². The largest absolute Gasteiger partial charge is 0.481 e. The lowest BCUT2D eigenvalue weighted by molar-refractivity contribution is -0.154. The Balaban J connectivity index is 1.38. The van der Waals surface area contributed by atoms with Crippen molar-refractivity contribution in [3.05, 3.63) is 102 Å². The summed E-state index contributed by atoms with van der Waals surface area (Å²) in [4.78, 5) is 36.6. The number of aromatic nitrogens is 4. The van der Waals surface area contributed by atoms with Crippen LogP contribution in [-0.4, -0.2) is 112 Å². The standard InChI is InChI=1S/C35H38F3N7O4/c1-3-48-34-41-31(47-2)28(32(42-34)49-22-35(36,37)38)20-43-18-27-19-44(33(46)26-16-39-23-40-17-26)14-15-45(27)29(21-43)30(24-10-6-4-7-11-24)25-12-8-5-9-13-25/h4-13,16-17,23,27,29-30H,3,14-15,18-22H2,1-2H3/t27-,29+/m1/s1. The molecule has 2 aliphatic heterocycles. The quantitative estimate of drug-likeness (QED) is 0.226. The van der Waals surface area contributed by atoms with E-state index in [1.54, 1.807) is 6.92 Å². The van der Waals surface area contributed by atoms with E-state index >= 15 is 0 Å². The second-order valence-corrected chi connectivity index (χ2v) is 12.0. The van der Waals surface area contributed by atoms with E-state index in [1.807, 2.05) is 41.3 Å². The van der Waals surface area contributed by atoms with Gasteiger partial charge in [-0.1, -0.05) is 60.7 Å². The van der Waals surface area contributed by atoms with Crippen LogP contribution in [0, 0.1) is 0 Å². The van der Waals surface area contributed by atoms with Gasteiger partial charge < -0.3 is 19.1 Å². The van der Waals surface area contributed by atoms with E-state index in [4.69, 9.17) is 14.2 Å². The van der Waals surface area contributed by atoms with Crippen molar-refractivity contribution in [2.24, 2.45) is 0 Å². The summed E-state index contributed by atoms with van der Waals surface area (Å²) < 4.78 is 56.3. The number of alkyl halides is 3. The minimum absolute atomic E-state index is 0.0445. The van der Waals surface area contributed by atoms with E-state index < -0.39 is 12.8 Å². The molecule has 0 N–H and O–H groups in total. The minimum atomic E-state index is -4.58. The Hall–Kier alpha value is -4.82. The average Bonchev–Trinajstić information content (AvgIpc) is 3.12. The number of ether oxygens (including phenoxy) is 3. The van der Waals surface area contributed by atoms with Gasteiger partial charge in [0.2, 0.25) is 11.8 Å². The van der Waals surface area contributed by atoms with E-state index in [0.29, 0.717) is 38.3 Å². The summed E-state index contributed by atoms with van der Waals surface area (Å²) in [5.41, 5.74) is 2.96. The lowest BCUT2D eigenvalue weighted by Gasteiger charge is -2.53. The summed E-state index contributed by atoms with van der Waals surface area (Å²) in [6.07, 6.45) is -0.173. The SMILES string of the molecule is CCOc1nc(OC)c(CN2C[C@@H]3CN(C(=O)c4cncnc4)CCN3[C@H](C(c3ccccc3)c3ccccc3)C2)c(OCC(F)(F)F)n1. The van der Waals surface area contributed by atoms with Crippen LogP contribution >= 0.6 is 0 Å². The molecule has 2 aromatic carbocycles. The molecule has 258 valence electrons. The fraction of sp³-hybridized carbons (Fsp3) is 0.400. The van der Waals surface area contributed by atoms with Gasteiger partial charge in [-0.15, -0.1) is 0 Å². The zero-order chi connectivity index (χ0) is 34.4. The number of halogens is 3. The Kier molecular flexibility index (Phi) is 10.5. The van der Waals surface area contributed by atoms with E-state index in [-0.39, 0.29) is 60.4 Å². The van der Waals surface area contributed by atoms with Crippen LogP contribution in [0.25, 0.3) is 0 Å². The lowest BCUT2D eigenvalue weighted by Crippen LogP contribution is -2.67. The third kappa shape index (κ3) is 8.08. The molecule has 0 radical (unpaired) electrons. The highest BCUT2D eigenvalue weighted by molar-refractivity contribution is 5.93. The number of hydrogen-bond donors (Lipinski definition) is 0. The topological polar surface area (TPSA) is 106 Å². The normalized spacial score (nSPS) is 18.6. The summed E-state index contributed by atoms with van der Waals surface area (Å²) in [5, 5.41) is 0. The highest BCUT2D eigenvalue weighted by Crippen LogP contribution is 2.38. The van der Waals surface area contributed by atoms with Crippen LogP contribution in [0.5, 0.6) is 17.8 Å². The second kappa shape index (κ2) is 15.2. The van der Waals surface area contributed by atoms with E-state index in [2.05, 4.69) is 54.0 Å². The zero-order valence-corrected chi connectivity index (χ0v) is 27.3. The van der Waals surface area contributed by atoms with Gasteiger partial charge in [-0.05, 0) is 18.1 Å². The number of rotatable bonds is 11. The fourth-order valence-electron chi connectivity index (χ4n) is 6.79. The van der Waals surface area contributed by atoms with E-state index in [1.165, 1.54) is 25.8 Å². The Morgan fingerprint density at radius 3 is 2.16 bits per heavy atom. The van der Waals surface area contributed by atoms with Crippen molar-refractivity contribution in [2.45, 2.75) is 37.6 Å². The summed E-state index contributed by atoms with van der Waals surface area (Å²) in [6, 6.07) is 20.2. The van der Waals surface area contributed by atoms with Gasteiger partial charge in [-0.25, -0.2) is 9.97 Å². The fourth-order valence-corrected chi connectivity index (χ4v) is 6.79. The number of carbonyl (C=O) groups excluding carboxylic acids is 1. The molecule has 11 nitrogen and oxygen atoms in total. The van der Waals surface area contributed by atoms with Crippen molar-refractivity contribution >= 4 is 5.91 Å². The molecule has 2 fully saturated rings. The number of amides is 1. The van der Waals surface area contributed by atoms with Gasteiger partial charge in [0.25, 0.3) is 5.91 Å². The smallest absolute Gasteiger partial charge is 0.422 e. The minimum Gasteiger partial charge on any atom is -0.481 e. The molecule has 0 saturated carbocycles. The maximum absolute atomic E-state index is 13.5. The Morgan fingerprint density at radius 2 is 1.55 bits per heavy atom. The van der Waals surface area contributed by atoms with Gasteiger partial charge in [-0.2, -0.15) is 23.1 Å². The monoisotopic (exact) mass is 677 g/mol. The number of carbonyl (C=O) groups is 1. The first kappa shape index (κ1) is 34.1. The second-order valence-electron chi connectivity index (χ2n) is 12.0. The van der Waals surface area contributed by atoms with Crippen molar-refractivity contribution in [1.82, 2.24) is 34.6 Å². The van der Waals surface area contributed by atoms with Gasteiger partial charge in [0, 0.05) is 69.7 Å². The van der Waals surface area contributed by atoms with Crippen molar-refractivity contribution in [1.29, 1.82) is 0 Å². The molecule has 2 saturated heterocycles. The number of hydrogen-bond acceptors (Lipinski definition) is 10. The van der Waals surface area contributed by atoms with Gasteiger partial charge in [0.15, 0.2) is 6.61 Å². The number of benzene rings is 2. The number of methoxy groups -OCH3 is 1. The molecule has 6 rings (SSSR count). The Labute approximate surface area is 282 Å². The Morgan fingerprint density at radius 1 is 0.898 bits per heavy atom. The first-order valence-electron chi connectivity index (χ1n) is 16.1. The molecule has 0 bridgehead atoms. The Bertz CT molecular complexity index is 1650. The summed E-state index contributed by atoms with van der Waals surface area (Å²) in [6.45, 7) is 3.19. The third-order valence-corrected chi connectivity index (χ3v) is 8.80. The molecule has 2 aromatic heterocycles. The molecule has 0 aliphatic carbocycles. The van der Waals surface area contributed by atoms with E-state index in [0.717, 1.165) is 11.1 Å². The first-order chi connectivity index (χ1) is 23.7. The lowest BCUT2D eigenvalue weighted by atomic mass is 9.81. The van der Waals surface area contributed by atoms with Crippen molar-refractivity contribution in [3.63, 3.8) is 0 Å². The van der Waals surface area contributed by atoms with Crippen LogP contribution in [-0.2, 0) is 6.54 Å². The zero-order valence-electron chi connectivity index (χ0n) is 27.3. The molecule has 2 atom stereocenters. The molecular formula is C35H38F3N7O4. The molecule has 2 aliphatic rings. The van der Waals surface area contributed by atoms with Gasteiger partial charge in [0.1, 0.15) is 6.33 Å². The van der Waals surface area contributed by atoms with Gasteiger partial charge >= 0.3 is 12.2 Å². The molecule has 4 aromatic rings. The average molecular weight is 678 g/mol. The first-order valence-corrected chi connectivity index (χ1v) is 16.1. The molecule has 1 amide bonds. The summed E-state index contributed by atoms with van der Waals surface area (Å²) in [7, 11) is 1.40. The van der Waals surface area contributed by atoms with Crippen LogP contribution < -0.4 is 14.2 Å². The number of fused-ring (bicyclic) bond motifs is 1. The molecule has 14 heteroatoms. The van der Waals surface area contributed by atoms with Crippen LogP contribution in [0.4, 0.5) is 13.2 Å². The van der Waals surface area contributed by atoms with Crippen molar-refractivity contribution < 1.29 is 32.2 Å². The number of nitrogens with zero attached hydrogens (tertiary/aromatic N) is 7. The predicted molar refractivity (Wildman–Crippen MR) is 174 cm³/mol. The highest BCUT2D eigenvalue weighted by Gasteiger charge is 2.43. The highest BCUT2D eigenvalue weighted by atomic mass is 19.4. The summed E-state index contributed by atoms with van der Waals surface area (Å²) in [5.74, 6) is -0.376. The van der Waals surface area contributed by atoms with Crippen molar-refractivity contribution in [2.75, 3.05) is 53.0 Å². The number of piperazine rings is 2. The van der Waals surface area contributed by atoms with Crippen molar-refractivity contribution in [3.8, 4) is 17.8 Å². The molecular weight excluding hydrogens is 639 g/mol. The van der Waals surface area contributed by atoms with Gasteiger partial charge in [0.05, 0.1) is 24.8 Å². The summed E-state index contributed by atoms with van der Waals surface area (Å²) >= 11 is 0.